The van der Waals surface area contributed by atoms with E-state index in [-0.39, 0.29) is 5.92 Å². The van der Waals surface area contributed by atoms with E-state index in [9.17, 15) is 0 Å². The zero-order valence-electron chi connectivity index (χ0n) is 35.9. The molecule has 0 bridgehead atoms. The van der Waals surface area contributed by atoms with Crippen LogP contribution in [0.1, 0.15) is 24.3 Å². The molecule has 0 spiro atoms. The largest absolute Gasteiger partial charge is 0.456 e. The van der Waals surface area contributed by atoms with Gasteiger partial charge in [0.1, 0.15) is 11.2 Å². The molecule has 3 aliphatic rings. The van der Waals surface area contributed by atoms with E-state index >= 15 is 0 Å². The Labute approximate surface area is 385 Å². The molecule has 14 rings (SSSR count). The van der Waals surface area contributed by atoms with E-state index in [2.05, 4.69) is 203 Å². The number of nitrogens with two attached hydrogens (primary N) is 1. The molecule has 11 aromatic rings. The molecule has 1 aliphatic heterocycles. The lowest BCUT2D eigenvalue weighted by molar-refractivity contribution is 0.669. The van der Waals surface area contributed by atoms with Crippen LogP contribution in [0.4, 0.5) is 17.1 Å². The average Bonchev–Trinajstić information content (AvgIpc) is 4.12. The van der Waals surface area contributed by atoms with Crippen molar-refractivity contribution in [3.63, 3.8) is 0 Å². The van der Waals surface area contributed by atoms with Gasteiger partial charge in [-0.3, -0.25) is 0 Å². The highest BCUT2D eigenvalue weighted by molar-refractivity contribution is 8.00. The Morgan fingerprint density at radius 2 is 1.35 bits per heavy atom. The standard InChI is InChI=1S/C60H42N4OS/c61-46-22-9-4-17-38(46)42-30-31-43-41-20-7-10-24-48(41)63(37-15-2-1-3-16-37)60(43)59(42)62-47-23-14-27-53-57(47)45-35-36(29-33-52(45)65-53)56-51(32-34-55-58(56)44-21-8-13-28-54(44)66-55)64-49-25-11-5-18-39(49)40-19-6-12-26-50(40)64/h1-2,4-15,17-35,44,54,62H,3,16,61H2. The Kier molecular flexibility index (Phi) is 8.25. The number of benzene rings is 8. The third kappa shape index (κ3) is 5.49. The summed E-state index contributed by atoms with van der Waals surface area (Å²) in [4.78, 5) is 1.33. The summed E-state index contributed by atoms with van der Waals surface area (Å²) in [6, 6.07) is 57.0. The van der Waals surface area contributed by atoms with Crippen LogP contribution >= 0.6 is 11.8 Å². The third-order valence-corrected chi connectivity index (χ3v) is 15.4. The van der Waals surface area contributed by atoms with Gasteiger partial charge in [0.2, 0.25) is 0 Å². The molecule has 0 saturated carbocycles. The van der Waals surface area contributed by atoms with Crippen LogP contribution in [0.3, 0.4) is 0 Å². The molecular weight excluding hydrogens is 825 g/mol. The molecule has 8 aromatic carbocycles. The van der Waals surface area contributed by atoms with Crippen molar-refractivity contribution in [3.8, 4) is 27.9 Å². The number of furan rings is 1. The Balaban J connectivity index is 1.03. The number of fused-ring (bicyclic) bond motifs is 12. The second-order valence-corrected chi connectivity index (χ2v) is 18.9. The summed E-state index contributed by atoms with van der Waals surface area (Å²) in [6.07, 6.45) is 17.8. The number of rotatable bonds is 6. The number of allylic oxidation sites excluding steroid dienone is 7. The number of nitrogens with one attached hydrogen (secondary N) is 1. The maximum atomic E-state index is 6.84. The van der Waals surface area contributed by atoms with Crippen LogP contribution < -0.4 is 11.1 Å². The number of para-hydroxylation sites is 4. The van der Waals surface area contributed by atoms with Gasteiger partial charge in [-0.2, -0.15) is 0 Å². The van der Waals surface area contributed by atoms with Crippen LogP contribution in [0.5, 0.6) is 0 Å². The van der Waals surface area contributed by atoms with Gasteiger partial charge in [-0.25, -0.2) is 0 Å². The van der Waals surface area contributed by atoms with Crippen LogP contribution in [-0.4, -0.2) is 14.4 Å². The Morgan fingerprint density at radius 1 is 0.606 bits per heavy atom. The molecule has 0 fully saturated rings. The lowest BCUT2D eigenvalue weighted by Crippen LogP contribution is -2.09. The minimum absolute atomic E-state index is 0.248. The van der Waals surface area contributed by atoms with Crippen molar-refractivity contribution in [1.29, 1.82) is 0 Å². The van der Waals surface area contributed by atoms with Crippen molar-refractivity contribution in [2.75, 3.05) is 11.1 Å². The first-order valence-corrected chi connectivity index (χ1v) is 23.7. The van der Waals surface area contributed by atoms with E-state index < -0.39 is 0 Å². The molecule has 0 radical (unpaired) electrons. The van der Waals surface area contributed by atoms with Gasteiger partial charge in [-0.1, -0.05) is 134 Å². The first kappa shape index (κ1) is 37.4. The van der Waals surface area contributed by atoms with Crippen molar-refractivity contribution in [1.82, 2.24) is 9.13 Å². The number of nitrogens with zero attached hydrogens (tertiary/aromatic N) is 2. The van der Waals surface area contributed by atoms with E-state index in [1.807, 2.05) is 23.9 Å². The van der Waals surface area contributed by atoms with Gasteiger partial charge in [-0.05, 0) is 90.7 Å². The van der Waals surface area contributed by atoms with Gasteiger partial charge >= 0.3 is 0 Å². The van der Waals surface area contributed by atoms with Gasteiger partial charge in [0.05, 0.1) is 44.5 Å². The second-order valence-electron chi connectivity index (χ2n) is 17.7. The van der Waals surface area contributed by atoms with Crippen molar-refractivity contribution in [2.24, 2.45) is 0 Å². The van der Waals surface area contributed by atoms with Gasteiger partial charge < -0.3 is 24.6 Å². The first-order valence-electron chi connectivity index (χ1n) is 22.8. The fourth-order valence-corrected chi connectivity index (χ4v) is 12.6. The number of thioether (sulfide) groups is 1. The zero-order valence-corrected chi connectivity index (χ0v) is 36.7. The summed E-state index contributed by atoms with van der Waals surface area (Å²) in [5.74, 6) is 0.248. The SMILES string of the molecule is Nc1ccccc1-c1ccc2c3ccccc3n(C3=CC=CCC3)c2c1Nc1cccc2oc3ccc(-c4c(-n5c6ccccc6c6ccccc65)ccc5c4C4C=CC=CC4S5)cc3c12. The normalized spacial score (nSPS) is 16.6. The number of anilines is 3. The summed E-state index contributed by atoms with van der Waals surface area (Å²) in [5, 5.41) is 11.5. The highest BCUT2D eigenvalue weighted by Crippen LogP contribution is 2.54. The van der Waals surface area contributed by atoms with Crippen LogP contribution in [0.15, 0.2) is 210 Å². The smallest absolute Gasteiger partial charge is 0.137 e. The highest BCUT2D eigenvalue weighted by Gasteiger charge is 2.35. The van der Waals surface area contributed by atoms with Crippen LogP contribution in [0, 0.1) is 0 Å². The number of hydrogen-bond acceptors (Lipinski definition) is 4. The molecule has 5 nitrogen and oxygen atoms in total. The van der Waals surface area contributed by atoms with Crippen molar-refractivity contribution in [3.05, 3.63) is 206 Å². The summed E-state index contributed by atoms with van der Waals surface area (Å²) in [6.45, 7) is 0. The maximum absolute atomic E-state index is 6.84. The predicted molar refractivity (Wildman–Crippen MR) is 279 cm³/mol. The van der Waals surface area contributed by atoms with Crippen LogP contribution in [-0.2, 0) is 0 Å². The topological polar surface area (TPSA) is 61.0 Å². The van der Waals surface area contributed by atoms with Gasteiger partial charge in [0, 0.05) is 71.1 Å². The van der Waals surface area contributed by atoms with E-state index in [0.29, 0.717) is 5.25 Å². The third-order valence-electron chi connectivity index (χ3n) is 14.1. The summed E-state index contributed by atoms with van der Waals surface area (Å²) in [5.41, 5.74) is 24.2. The molecule has 0 amide bonds. The number of aromatic nitrogens is 2. The monoisotopic (exact) mass is 866 g/mol. The van der Waals surface area contributed by atoms with Crippen molar-refractivity contribution >= 4 is 100 Å². The van der Waals surface area contributed by atoms with E-state index in [1.165, 1.54) is 65.5 Å². The molecule has 314 valence electrons. The minimum atomic E-state index is 0.248. The van der Waals surface area contributed by atoms with Crippen molar-refractivity contribution < 1.29 is 4.42 Å². The van der Waals surface area contributed by atoms with E-state index in [1.54, 1.807) is 0 Å². The molecule has 66 heavy (non-hydrogen) atoms. The number of nitrogen functional groups attached to an aromatic ring is 1. The molecule has 2 atom stereocenters. The molecule has 2 unspecified atom stereocenters. The van der Waals surface area contributed by atoms with Crippen LogP contribution in [0.2, 0.25) is 0 Å². The molecule has 4 heterocycles. The quantitative estimate of drug-likeness (QED) is 0.163. The molecule has 3 N–H and O–H groups in total. The summed E-state index contributed by atoms with van der Waals surface area (Å²) in [7, 11) is 0. The second kappa shape index (κ2) is 14.5. The molecule has 6 heteroatoms. The Morgan fingerprint density at radius 3 is 2.14 bits per heavy atom. The molecule has 2 aliphatic carbocycles. The zero-order chi connectivity index (χ0) is 43.5. The highest BCUT2D eigenvalue weighted by atomic mass is 32.2. The average molecular weight is 867 g/mol. The lowest BCUT2D eigenvalue weighted by atomic mass is 9.85. The van der Waals surface area contributed by atoms with Crippen molar-refractivity contribution in [2.45, 2.75) is 28.9 Å². The molecular formula is C60H42N4OS. The number of hydrogen-bond donors (Lipinski definition) is 2. The fraction of sp³-hybridized carbons (Fsp3) is 0.0667. The lowest BCUT2D eigenvalue weighted by Gasteiger charge is -2.22. The maximum Gasteiger partial charge on any atom is 0.137 e. The van der Waals surface area contributed by atoms with Gasteiger partial charge in [0.25, 0.3) is 0 Å². The Bertz CT molecular complexity index is 3930. The summed E-state index contributed by atoms with van der Waals surface area (Å²) < 4.78 is 11.7. The van der Waals surface area contributed by atoms with E-state index in [4.69, 9.17) is 10.2 Å². The molecule has 3 aromatic heterocycles. The fourth-order valence-electron chi connectivity index (χ4n) is 11.2. The van der Waals surface area contributed by atoms with Gasteiger partial charge in [-0.15, -0.1) is 11.8 Å². The van der Waals surface area contributed by atoms with Gasteiger partial charge in [0.15, 0.2) is 0 Å². The molecule has 0 saturated heterocycles. The van der Waals surface area contributed by atoms with Crippen LogP contribution in [0.25, 0.3) is 99.2 Å². The Hall–Kier alpha value is -7.93. The predicted octanol–water partition coefficient (Wildman–Crippen LogP) is 16.3. The van der Waals surface area contributed by atoms with E-state index in [0.717, 1.165) is 74.0 Å². The summed E-state index contributed by atoms with van der Waals surface area (Å²) >= 11 is 1.97. The first-order chi connectivity index (χ1) is 32.7. The minimum Gasteiger partial charge on any atom is -0.456 e.